The van der Waals surface area contributed by atoms with E-state index < -0.39 is 5.41 Å². The standard InChI is InChI=1S/C92H86N2/c1-8-12-52-90(53-13-9-2)83-56-61(5)38-47-74(83)76-50-45-68(59-85(76)90)93(69-46-51-77-75-48-39-62(6)57-84(75)91(54-14-10-3,55-15-11-4)86(77)60-69)67-44-49-70(63(7)58-67)65-40-42-66(43-41-65)94(87-36-24-27-64-26-16-17-28-71(64)87)88-37-25-35-82-89(88)78-31-20-23-34-81(78)92(82)79-32-21-18-29-72(79)73-30-19-22-33-80(73)92/h16-51,56-60H,8-15,52-55H2,1-7H3. The lowest BCUT2D eigenvalue weighted by Gasteiger charge is -2.35. The lowest BCUT2D eigenvalue weighted by molar-refractivity contribution is 0.414. The van der Waals surface area contributed by atoms with Gasteiger partial charge in [0, 0.05) is 44.5 Å². The molecule has 0 radical (unpaired) electrons. The molecule has 12 aromatic rings. The van der Waals surface area contributed by atoms with Crippen molar-refractivity contribution >= 4 is 44.9 Å². The number of fused-ring (bicyclic) bond motifs is 17. The Kier molecular flexibility index (Phi) is 15.1. The summed E-state index contributed by atoms with van der Waals surface area (Å²) in [4.78, 5) is 5.18. The van der Waals surface area contributed by atoms with Crippen LogP contribution in [0.3, 0.4) is 0 Å². The largest absolute Gasteiger partial charge is 0.310 e. The molecule has 4 aliphatic rings. The first-order valence-corrected chi connectivity index (χ1v) is 35.4. The van der Waals surface area contributed by atoms with Crippen LogP contribution in [0.5, 0.6) is 0 Å². The van der Waals surface area contributed by atoms with Crippen molar-refractivity contribution in [2.75, 3.05) is 9.80 Å². The fourth-order valence-electron chi connectivity index (χ4n) is 18.2. The number of benzene rings is 12. The summed E-state index contributed by atoms with van der Waals surface area (Å²) in [5.41, 5.74) is 35.2. The average Bonchev–Trinajstić information content (AvgIpc) is 1.52. The fourth-order valence-corrected chi connectivity index (χ4v) is 18.2. The molecule has 0 aromatic heterocycles. The van der Waals surface area contributed by atoms with Gasteiger partial charge in [-0.05, 0) is 213 Å². The second-order valence-corrected chi connectivity index (χ2v) is 27.9. The van der Waals surface area contributed by atoms with E-state index >= 15 is 0 Å². The van der Waals surface area contributed by atoms with E-state index in [1.807, 2.05) is 0 Å². The third kappa shape index (κ3) is 9.09. The van der Waals surface area contributed by atoms with Crippen LogP contribution >= 0.6 is 0 Å². The predicted octanol–water partition coefficient (Wildman–Crippen LogP) is 26.0. The van der Waals surface area contributed by atoms with Gasteiger partial charge in [-0.2, -0.15) is 0 Å². The van der Waals surface area contributed by atoms with Gasteiger partial charge in [-0.1, -0.05) is 278 Å². The number of anilines is 6. The Bertz CT molecular complexity index is 4730. The summed E-state index contributed by atoms with van der Waals surface area (Å²) in [6.07, 6.45) is 14.1. The van der Waals surface area contributed by atoms with E-state index in [-0.39, 0.29) is 10.8 Å². The van der Waals surface area contributed by atoms with Crippen molar-refractivity contribution in [3.05, 3.63) is 310 Å². The Morgan fingerprint density at radius 1 is 0.287 bits per heavy atom. The number of aryl methyl sites for hydroxylation is 3. The molecule has 0 N–H and O–H groups in total. The molecule has 1 spiro atoms. The first kappa shape index (κ1) is 59.5. The van der Waals surface area contributed by atoms with Gasteiger partial charge in [-0.15, -0.1) is 0 Å². The van der Waals surface area contributed by atoms with E-state index in [1.165, 1.54) is 202 Å². The highest BCUT2D eigenvalue weighted by Gasteiger charge is 2.53. The monoisotopic (exact) mass is 1220 g/mol. The van der Waals surface area contributed by atoms with Crippen LogP contribution in [0.25, 0.3) is 66.4 Å². The van der Waals surface area contributed by atoms with E-state index in [0.717, 1.165) is 37.1 Å². The van der Waals surface area contributed by atoms with Gasteiger partial charge >= 0.3 is 0 Å². The van der Waals surface area contributed by atoms with Gasteiger partial charge in [0.25, 0.3) is 0 Å². The molecule has 0 saturated carbocycles. The highest BCUT2D eigenvalue weighted by Crippen LogP contribution is 2.65. The minimum atomic E-state index is -0.457. The van der Waals surface area contributed by atoms with Crippen LogP contribution in [0, 0.1) is 20.8 Å². The molecule has 0 bridgehead atoms. The normalized spacial score (nSPS) is 14.2. The summed E-state index contributed by atoms with van der Waals surface area (Å²) in [6, 6.07) is 96.7. The zero-order valence-electron chi connectivity index (χ0n) is 56.1. The van der Waals surface area contributed by atoms with Crippen LogP contribution in [-0.2, 0) is 16.2 Å². The third-order valence-electron chi connectivity index (χ3n) is 22.5. The highest BCUT2D eigenvalue weighted by molar-refractivity contribution is 6.05. The third-order valence-corrected chi connectivity index (χ3v) is 22.5. The number of hydrogen-bond acceptors (Lipinski definition) is 2. The molecule has 0 heterocycles. The maximum atomic E-state index is 2.64. The first-order valence-electron chi connectivity index (χ1n) is 35.4. The fraction of sp³-hybridized carbons (Fsp3) is 0.239. The van der Waals surface area contributed by atoms with Gasteiger partial charge in [-0.3, -0.25) is 0 Å². The lowest BCUT2D eigenvalue weighted by atomic mass is 9.70. The Labute approximate surface area is 558 Å². The summed E-state index contributed by atoms with van der Waals surface area (Å²) < 4.78 is 0. The van der Waals surface area contributed by atoms with Crippen molar-refractivity contribution in [1.82, 2.24) is 0 Å². The van der Waals surface area contributed by atoms with E-state index in [2.05, 4.69) is 307 Å². The zero-order chi connectivity index (χ0) is 63.9. The molecule has 0 saturated heterocycles. The van der Waals surface area contributed by atoms with Crippen LogP contribution in [0.1, 0.15) is 166 Å². The van der Waals surface area contributed by atoms with Gasteiger partial charge in [0.2, 0.25) is 0 Å². The molecule has 0 fully saturated rings. The van der Waals surface area contributed by atoms with Gasteiger partial charge < -0.3 is 9.80 Å². The summed E-state index contributed by atoms with van der Waals surface area (Å²) in [5, 5.41) is 2.43. The highest BCUT2D eigenvalue weighted by atomic mass is 15.2. The molecular weight excluding hydrogens is 1130 g/mol. The molecule has 0 unspecified atom stereocenters. The molecule has 16 rings (SSSR count). The molecule has 464 valence electrons. The van der Waals surface area contributed by atoms with Crippen LogP contribution in [-0.4, -0.2) is 0 Å². The molecular formula is C92H86N2. The molecule has 0 atom stereocenters. The topological polar surface area (TPSA) is 6.48 Å². The van der Waals surface area contributed by atoms with Crippen LogP contribution in [0.15, 0.2) is 249 Å². The second kappa shape index (κ2) is 23.8. The minimum absolute atomic E-state index is 0.0476. The number of nitrogens with zero attached hydrogens (tertiary/aromatic N) is 2. The van der Waals surface area contributed by atoms with Crippen LogP contribution in [0.4, 0.5) is 34.1 Å². The first-order chi connectivity index (χ1) is 46.1. The van der Waals surface area contributed by atoms with E-state index in [0.29, 0.717) is 0 Å². The number of rotatable bonds is 19. The molecule has 0 amide bonds. The van der Waals surface area contributed by atoms with Crippen molar-refractivity contribution in [3.63, 3.8) is 0 Å². The Hall–Kier alpha value is -9.50. The van der Waals surface area contributed by atoms with Crippen LogP contribution < -0.4 is 9.80 Å². The molecule has 12 aromatic carbocycles. The summed E-state index contributed by atoms with van der Waals surface area (Å²) in [5.74, 6) is 0. The lowest BCUT2D eigenvalue weighted by Crippen LogP contribution is -2.26. The average molecular weight is 1220 g/mol. The number of unbranched alkanes of at least 4 members (excludes halogenated alkanes) is 4. The molecule has 94 heavy (non-hydrogen) atoms. The Balaban J connectivity index is 0.845. The smallest absolute Gasteiger partial charge is 0.0726 e. The molecule has 2 nitrogen and oxygen atoms in total. The van der Waals surface area contributed by atoms with E-state index in [1.54, 1.807) is 0 Å². The quantitative estimate of drug-likeness (QED) is 0.0796. The Morgan fingerprint density at radius 3 is 1.21 bits per heavy atom. The maximum absolute atomic E-state index is 2.64. The predicted molar refractivity (Wildman–Crippen MR) is 400 cm³/mol. The summed E-state index contributed by atoms with van der Waals surface area (Å²) >= 11 is 0. The van der Waals surface area contributed by atoms with Gasteiger partial charge in [0.15, 0.2) is 0 Å². The van der Waals surface area contributed by atoms with Crippen molar-refractivity contribution in [1.29, 1.82) is 0 Å². The van der Waals surface area contributed by atoms with Gasteiger partial charge in [0.05, 0.1) is 16.8 Å². The Morgan fingerprint density at radius 2 is 0.681 bits per heavy atom. The van der Waals surface area contributed by atoms with Gasteiger partial charge in [-0.25, -0.2) is 0 Å². The van der Waals surface area contributed by atoms with Crippen molar-refractivity contribution in [2.45, 2.75) is 142 Å². The molecule has 4 aliphatic carbocycles. The van der Waals surface area contributed by atoms with Crippen molar-refractivity contribution < 1.29 is 0 Å². The van der Waals surface area contributed by atoms with E-state index in [9.17, 15) is 0 Å². The molecule has 2 heteroatoms. The van der Waals surface area contributed by atoms with Gasteiger partial charge in [0.1, 0.15) is 0 Å². The molecule has 0 aliphatic heterocycles. The zero-order valence-corrected chi connectivity index (χ0v) is 56.1. The summed E-state index contributed by atoms with van der Waals surface area (Å²) in [6.45, 7) is 16.4. The second-order valence-electron chi connectivity index (χ2n) is 27.9. The maximum Gasteiger partial charge on any atom is 0.0726 e. The summed E-state index contributed by atoms with van der Waals surface area (Å²) in [7, 11) is 0. The van der Waals surface area contributed by atoms with Crippen LogP contribution in [0.2, 0.25) is 0 Å². The minimum Gasteiger partial charge on any atom is -0.310 e. The SMILES string of the molecule is CCCCC1(CCCC)c2cc(C)ccc2-c2ccc(N(c3ccc(-c4ccc(N(c5cccc6c5-c5ccccc5C65c6ccccc6-c6ccccc65)c5cccc6ccccc56)cc4)c(C)c3)c3ccc4c(c3)C(CCCC)(CCCC)c3cc(C)ccc3-4)cc21. The van der Waals surface area contributed by atoms with E-state index in [4.69, 9.17) is 0 Å². The van der Waals surface area contributed by atoms with Crippen molar-refractivity contribution in [2.24, 2.45) is 0 Å². The number of hydrogen-bond donors (Lipinski definition) is 0. The van der Waals surface area contributed by atoms with Crippen molar-refractivity contribution in [3.8, 4) is 55.6 Å².